The number of rotatable bonds is 58. The predicted molar refractivity (Wildman–Crippen MR) is 323 cm³/mol. The molecule has 1 heterocycles. The minimum absolute atomic E-state index is 0.184. The second kappa shape index (κ2) is 56.7. The van der Waals surface area contributed by atoms with Crippen molar-refractivity contribution in [3.05, 3.63) is 36.5 Å². The first kappa shape index (κ1) is 72.4. The van der Waals surface area contributed by atoms with Gasteiger partial charge in [0.2, 0.25) is 5.91 Å². The van der Waals surface area contributed by atoms with Crippen LogP contribution in [0.4, 0.5) is 0 Å². The Morgan fingerprint density at radius 3 is 1.11 bits per heavy atom. The van der Waals surface area contributed by atoms with E-state index in [-0.39, 0.29) is 12.5 Å². The minimum atomic E-state index is -1.57. The van der Waals surface area contributed by atoms with Crippen molar-refractivity contribution in [1.29, 1.82) is 0 Å². The van der Waals surface area contributed by atoms with Crippen LogP contribution in [-0.2, 0) is 14.3 Å². The quantitative estimate of drug-likeness (QED) is 0.0261. The monoisotopic (exact) mass is 1070 g/mol. The van der Waals surface area contributed by atoms with E-state index in [4.69, 9.17) is 9.47 Å². The first-order valence-corrected chi connectivity index (χ1v) is 33.2. The molecule has 1 rings (SSSR count). The van der Waals surface area contributed by atoms with Gasteiger partial charge >= 0.3 is 0 Å². The van der Waals surface area contributed by atoms with Gasteiger partial charge in [0.15, 0.2) is 6.29 Å². The number of hydrogen-bond donors (Lipinski definition) is 6. The van der Waals surface area contributed by atoms with Gasteiger partial charge in [0, 0.05) is 6.42 Å². The van der Waals surface area contributed by atoms with E-state index in [1.807, 2.05) is 6.08 Å². The van der Waals surface area contributed by atoms with Gasteiger partial charge in [-0.2, -0.15) is 0 Å². The van der Waals surface area contributed by atoms with Gasteiger partial charge in [-0.1, -0.05) is 314 Å². The van der Waals surface area contributed by atoms with Gasteiger partial charge in [0.1, 0.15) is 24.4 Å². The van der Waals surface area contributed by atoms with Crippen LogP contribution in [0, 0.1) is 0 Å². The fourth-order valence-corrected chi connectivity index (χ4v) is 10.7. The molecule has 0 bridgehead atoms. The van der Waals surface area contributed by atoms with Gasteiger partial charge in [-0.05, 0) is 44.9 Å². The Balaban J connectivity index is 2.14. The summed E-state index contributed by atoms with van der Waals surface area (Å²) < 4.78 is 11.3. The van der Waals surface area contributed by atoms with Crippen molar-refractivity contribution < 1.29 is 39.8 Å². The molecule has 1 saturated heterocycles. The molecule has 0 aromatic heterocycles. The van der Waals surface area contributed by atoms with Crippen LogP contribution in [0.2, 0.25) is 0 Å². The van der Waals surface area contributed by atoms with Crippen molar-refractivity contribution in [2.75, 3.05) is 13.2 Å². The number of nitrogens with one attached hydrogen (secondary N) is 1. The Morgan fingerprint density at radius 1 is 0.434 bits per heavy atom. The molecule has 9 heteroatoms. The number of carbonyl (C=O) groups is 1. The van der Waals surface area contributed by atoms with Crippen molar-refractivity contribution in [3.8, 4) is 0 Å². The average molecular weight is 1070 g/mol. The van der Waals surface area contributed by atoms with Crippen molar-refractivity contribution in [2.45, 2.75) is 371 Å². The third-order valence-corrected chi connectivity index (χ3v) is 15.9. The molecule has 0 aromatic rings. The van der Waals surface area contributed by atoms with Gasteiger partial charge in [-0.25, -0.2) is 0 Å². The fourth-order valence-electron chi connectivity index (χ4n) is 10.7. The summed E-state index contributed by atoms with van der Waals surface area (Å²) in [5.41, 5.74) is 0. The topological polar surface area (TPSA) is 149 Å². The summed E-state index contributed by atoms with van der Waals surface area (Å²) in [6.45, 7) is 3.80. The second-order valence-corrected chi connectivity index (χ2v) is 23.3. The zero-order valence-corrected chi connectivity index (χ0v) is 50.0. The van der Waals surface area contributed by atoms with Crippen LogP contribution in [0.15, 0.2) is 36.5 Å². The van der Waals surface area contributed by atoms with E-state index in [1.165, 1.54) is 263 Å². The SMILES string of the molecule is CCCCCCCCCCCCC/C=C/CC/C=C/CC/C=C/C(O)C(COC1OC(CO)C(O)C(O)C1O)NC(=O)CCCCCCCCCCCCCCCCCCCCCCCCCCCCCCCCCC. The number of ether oxygens (including phenoxy) is 2. The molecule has 1 aliphatic heterocycles. The number of aliphatic hydroxyl groups excluding tert-OH is 5. The summed E-state index contributed by atoms with van der Waals surface area (Å²) >= 11 is 0. The highest BCUT2D eigenvalue weighted by atomic mass is 16.7. The molecule has 1 aliphatic rings. The second-order valence-electron chi connectivity index (χ2n) is 23.3. The molecule has 448 valence electrons. The molecule has 0 aromatic carbocycles. The molecule has 0 aliphatic carbocycles. The third kappa shape index (κ3) is 45.2. The lowest BCUT2D eigenvalue weighted by Crippen LogP contribution is -2.60. The number of unbranched alkanes of at least 4 members (excludes halogenated alkanes) is 44. The van der Waals surface area contributed by atoms with Crippen LogP contribution in [-0.4, -0.2) is 87.5 Å². The van der Waals surface area contributed by atoms with Crippen LogP contribution in [0.1, 0.15) is 328 Å². The molecule has 0 radical (unpaired) electrons. The Bertz CT molecular complexity index is 1290. The van der Waals surface area contributed by atoms with Gasteiger partial charge in [-0.15, -0.1) is 0 Å². The Hall–Kier alpha value is -1.59. The van der Waals surface area contributed by atoms with E-state index in [2.05, 4.69) is 43.5 Å². The van der Waals surface area contributed by atoms with Gasteiger partial charge < -0.3 is 40.3 Å². The fraction of sp³-hybridized carbons (Fsp3) is 0.896. The average Bonchev–Trinajstić information content (AvgIpc) is 3.42. The highest BCUT2D eigenvalue weighted by molar-refractivity contribution is 5.76. The maximum absolute atomic E-state index is 13.1. The molecule has 1 fully saturated rings. The van der Waals surface area contributed by atoms with Crippen LogP contribution in [0.25, 0.3) is 0 Å². The number of hydrogen-bond acceptors (Lipinski definition) is 8. The van der Waals surface area contributed by atoms with Gasteiger partial charge in [0.25, 0.3) is 0 Å². The molecule has 7 unspecified atom stereocenters. The van der Waals surface area contributed by atoms with Crippen LogP contribution in [0.5, 0.6) is 0 Å². The lowest BCUT2D eigenvalue weighted by molar-refractivity contribution is -0.302. The van der Waals surface area contributed by atoms with E-state index in [1.54, 1.807) is 6.08 Å². The maximum atomic E-state index is 13.1. The van der Waals surface area contributed by atoms with Crippen LogP contribution in [0.3, 0.4) is 0 Å². The zero-order chi connectivity index (χ0) is 55.0. The first-order valence-electron chi connectivity index (χ1n) is 33.2. The lowest BCUT2D eigenvalue weighted by Gasteiger charge is -2.40. The molecule has 0 spiro atoms. The molecule has 6 N–H and O–H groups in total. The molecule has 0 saturated carbocycles. The van der Waals surface area contributed by atoms with E-state index >= 15 is 0 Å². The van der Waals surface area contributed by atoms with Gasteiger partial charge in [0.05, 0.1) is 25.4 Å². The number of amides is 1. The molecular formula is C67H127NO8. The smallest absolute Gasteiger partial charge is 0.220 e. The maximum Gasteiger partial charge on any atom is 0.220 e. The van der Waals surface area contributed by atoms with E-state index in [0.29, 0.717) is 6.42 Å². The zero-order valence-electron chi connectivity index (χ0n) is 50.0. The summed E-state index contributed by atoms with van der Waals surface area (Å²) in [4.78, 5) is 13.1. The summed E-state index contributed by atoms with van der Waals surface area (Å²) in [7, 11) is 0. The highest BCUT2D eigenvalue weighted by Crippen LogP contribution is 2.23. The first-order chi connectivity index (χ1) is 37.3. The lowest BCUT2D eigenvalue weighted by atomic mass is 9.99. The van der Waals surface area contributed by atoms with Crippen molar-refractivity contribution in [1.82, 2.24) is 5.32 Å². The van der Waals surface area contributed by atoms with Crippen LogP contribution < -0.4 is 5.32 Å². The van der Waals surface area contributed by atoms with Crippen molar-refractivity contribution in [3.63, 3.8) is 0 Å². The summed E-state index contributed by atoms with van der Waals surface area (Å²) in [6, 6.07) is -0.827. The largest absolute Gasteiger partial charge is 0.394 e. The number of carbonyl (C=O) groups excluding carboxylic acids is 1. The number of allylic oxidation sites excluding steroid dienone is 5. The molecule has 7 atom stereocenters. The summed E-state index contributed by atoms with van der Waals surface area (Å²) in [5.74, 6) is -0.184. The molecule has 1 amide bonds. The molecule has 9 nitrogen and oxygen atoms in total. The Morgan fingerprint density at radius 2 is 0.750 bits per heavy atom. The third-order valence-electron chi connectivity index (χ3n) is 15.9. The summed E-state index contributed by atoms with van der Waals surface area (Å²) in [5, 5.41) is 54.6. The highest BCUT2D eigenvalue weighted by Gasteiger charge is 2.44. The van der Waals surface area contributed by atoms with Crippen molar-refractivity contribution >= 4 is 5.91 Å². The minimum Gasteiger partial charge on any atom is -0.394 e. The van der Waals surface area contributed by atoms with E-state index < -0.39 is 49.5 Å². The molecule has 76 heavy (non-hydrogen) atoms. The molecular weight excluding hydrogens is 947 g/mol. The van der Waals surface area contributed by atoms with Gasteiger partial charge in [-0.3, -0.25) is 4.79 Å². The van der Waals surface area contributed by atoms with Crippen LogP contribution >= 0.6 is 0 Å². The normalized spacial score (nSPS) is 19.0. The standard InChI is InChI=1S/C67H127NO8/c1-3-5-7-9-11-13-15-17-19-21-23-25-26-27-28-29-30-31-32-33-34-35-37-39-41-43-45-47-49-51-53-55-57-63(71)68-60(59-75-67-66(74)65(73)64(72)62(58-69)76-67)61(70)56-54-52-50-48-46-44-42-40-38-36-24-22-20-18-16-14-12-10-8-6-4-2/h38,40,46,48,54,56,60-62,64-67,69-70,72-74H,3-37,39,41-45,47,49-53,55,57-59H2,1-2H3,(H,68,71)/b40-38+,48-46+,56-54+. The van der Waals surface area contributed by atoms with Crippen molar-refractivity contribution in [2.24, 2.45) is 0 Å². The summed E-state index contributed by atoms with van der Waals surface area (Å²) in [6.07, 6.45) is 68.2. The number of aliphatic hydroxyl groups is 5. The Kier molecular flexibility index (Phi) is 54.0. The Labute approximate surface area is 470 Å². The predicted octanol–water partition coefficient (Wildman–Crippen LogP) is 17.5. The van der Waals surface area contributed by atoms with E-state index in [0.717, 1.165) is 44.9 Å². The van der Waals surface area contributed by atoms with E-state index in [9.17, 15) is 30.3 Å².